The third-order valence-corrected chi connectivity index (χ3v) is 3.38. The lowest BCUT2D eigenvalue weighted by Crippen LogP contribution is -2.45. The molecule has 1 aromatic rings. The van der Waals surface area contributed by atoms with Crippen LogP contribution in [0.3, 0.4) is 0 Å². The molecular formula is C13H21N3O2. The highest BCUT2D eigenvalue weighted by molar-refractivity contribution is 5.37. The zero-order valence-electron chi connectivity index (χ0n) is 11.1. The summed E-state index contributed by atoms with van der Waals surface area (Å²) in [6.45, 7) is 8.16. The van der Waals surface area contributed by atoms with Gasteiger partial charge in [-0.3, -0.25) is 9.69 Å². The fraction of sp³-hybridized carbons (Fsp3) is 0.615. The quantitative estimate of drug-likeness (QED) is 0.848. The fourth-order valence-corrected chi connectivity index (χ4v) is 2.37. The second kappa shape index (κ2) is 5.54. The topological polar surface area (TPSA) is 60.5 Å². The summed E-state index contributed by atoms with van der Waals surface area (Å²) in [7, 11) is 0. The summed E-state index contributed by atoms with van der Waals surface area (Å²) in [5.41, 5.74) is 6.95. The summed E-state index contributed by atoms with van der Waals surface area (Å²) in [6.07, 6.45) is 1.87. The maximum atomic E-state index is 11.9. The largest absolute Gasteiger partial charge is 0.394 e. The normalized spacial score (nSPS) is 18.8. The van der Waals surface area contributed by atoms with E-state index >= 15 is 0 Å². The van der Waals surface area contributed by atoms with Crippen LogP contribution in [0.4, 0.5) is 5.69 Å². The molecule has 0 radical (unpaired) electrons. The number of aromatic nitrogens is 1. The lowest BCUT2D eigenvalue weighted by Gasteiger charge is -2.32. The van der Waals surface area contributed by atoms with E-state index in [0.29, 0.717) is 18.3 Å². The van der Waals surface area contributed by atoms with Crippen molar-refractivity contribution in [3.8, 4) is 0 Å². The van der Waals surface area contributed by atoms with Gasteiger partial charge in [0.2, 0.25) is 0 Å². The summed E-state index contributed by atoms with van der Waals surface area (Å²) in [5.74, 6) is 0. The van der Waals surface area contributed by atoms with Gasteiger partial charge in [-0.15, -0.1) is 0 Å². The molecule has 0 amide bonds. The Bertz CT molecular complexity index is 464. The number of aryl methyl sites for hydroxylation is 1. The first-order valence-corrected chi connectivity index (χ1v) is 6.36. The number of hydrogen-bond acceptors (Lipinski definition) is 4. The van der Waals surface area contributed by atoms with Crippen LogP contribution in [0.25, 0.3) is 0 Å². The maximum absolute atomic E-state index is 11.9. The van der Waals surface area contributed by atoms with E-state index in [2.05, 4.69) is 11.8 Å². The number of ether oxygens (including phenoxy) is 1. The van der Waals surface area contributed by atoms with Crippen LogP contribution < -0.4 is 11.3 Å². The van der Waals surface area contributed by atoms with Crippen LogP contribution in [-0.2, 0) is 11.3 Å². The van der Waals surface area contributed by atoms with Gasteiger partial charge in [0.1, 0.15) is 0 Å². The fourth-order valence-electron chi connectivity index (χ4n) is 2.37. The molecule has 1 saturated heterocycles. The van der Waals surface area contributed by atoms with E-state index in [0.717, 1.165) is 31.9 Å². The monoisotopic (exact) mass is 251 g/mol. The molecule has 1 aliphatic heterocycles. The number of hydrogen-bond donors (Lipinski definition) is 1. The Hall–Kier alpha value is -1.33. The smallest absolute Gasteiger partial charge is 0.273 e. The van der Waals surface area contributed by atoms with Gasteiger partial charge in [-0.25, -0.2) is 0 Å². The lowest BCUT2D eigenvalue weighted by molar-refractivity contribution is 0.0167. The summed E-state index contributed by atoms with van der Waals surface area (Å²) in [6, 6.07) is 2.03. The van der Waals surface area contributed by atoms with Gasteiger partial charge in [0, 0.05) is 31.9 Å². The van der Waals surface area contributed by atoms with Crippen LogP contribution >= 0.6 is 0 Å². The number of nitrogens with two attached hydrogens (primary N) is 1. The molecule has 18 heavy (non-hydrogen) atoms. The van der Waals surface area contributed by atoms with Gasteiger partial charge >= 0.3 is 0 Å². The molecule has 1 aromatic heterocycles. The molecule has 0 spiro atoms. The Morgan fingerprint density at radius 2 is 2.11 bits per heavy atom. The first-order chi connectivity index (χ1) is 8.58. The minimum atomic E-state index is -0.0966. The van der Waals surface area contributed by atoms with E-state index < -0.39 is 0 Å². The summed E-state index contributed by atoms with van der Waals surface area (Å²) < 4.78 is 7.04. The zero-order valence-corrected chi connectivity index (χ0v) is 11.1. The van der Waals surface area contributed by atoms with Gasteiger partial charge < -0.3 is 15.0 Å². The Morgan fingerprint density at radius 1 is 1.44 bits per heavy atom. The predicted molar refractivity (Wildman–Crippen MR) is 71.7 cm³/mol. The van der Waals surface area contributed by atoms with Crippen molar-refractivity contribution >= 4 is 5.69 Å². The van der Waals surface area contributed by atoms with Crippen LogP contribution in [0.1, 0.15) is 12.5 Å². The predicted octanol–water partition coefficient (Wildman–Crippen LogP) is 0.460. The summed E-state index contributed by atoms with van der Waals surface area (Å²) >= 11 is 0. The van der Waals surface area contributed by atoms with E-state index in [1.165, 1.54) is 0 Å². The molecule has 2 heterocycles. The molecule has 2 rings (SSSR count). The van der Waals surface area contributed by atoms with Crippen molar-refractivity contribution in [2.75, 3.05) is 32.0 Å². The Balaban J connectivity index is 2.11. The van der Waals surface area contributed by atoms with Gasteiger partial charge in [-0.05, 0) is 25.5 Å². The molecule has 0 aliphatic carbocycles. The zero-order chi connectivity index (χ0) is 13.1. The van der Waals surface area contributed by atoms with Crippen LogP contribution in [0, 0.1) is 6.92 Å². The van der Waals surface area contributed by atoms with E-state index in [-0.39, 0.29) is 5.56 Å². The second-order valence-corrected chi connectivity index (χ2v) is 4.93. The molecule has 1 atom stereocenters. The highest BCUT2D eigenvalue weighted by Crippen LogP contribution is 2.07. The molecule has 2 N–H and O–H groups in total. The van der Waals surface area contributed by atoms with Crippen molar-refractivity contribution in [3.63, 3.8) is 0 Å². The Morgan fingerprint density at radius 3 is 2.78 bits per heavy atom. The number of nitrogen functional groups attached to an aromatic ring is 1. The van der Waals surface area contributed by atoms with Crippen molar-refractivity contribution in [2.24, 2.45) is 0 Å². The van der Waals surface area contributed by atoms with E-state index in [4.69, 9.17) is 10.5 Å². The summed E-state index contributed by atoms with van der Waals surface area (Å²) in [5, 5.41) is 0. The first kappa shape index (κ1) is 13.1. The Kier molecular flexibility index (Phi) is 4.04. The maximum Gasteiger partial charge on any atom is 0.273 e. The number of morpholine rings is 1. The molecule has 5 nitrogen and oxygen atoms in total. The van der Waals surface area contributed by atoms with E-state index in [1.807, 2.05) is 13.1 Å². The average molecular weight is 251 g/mol. The molecule has 0 saturated carbocycles. The number of rotatable bonds is 3. The van der Waals surface area contributed by atoms with Crippen LogP contribution in [-0.4, -0.2) is 41.8 Å². The third-order valence-electron chi connectivity index (χ3n) is 3.38. The first-order valence-electron chi connectivity index (χ1n) is 6.36. The van der Waals surface area contributed by atoms with Gasteiger partial charge in [0.15, 0.2) is 0 Å². The van der Waals surface area contributed by atoms with Crippen molar-refractivity contribution in [1.29, 1.82) is 0 Å². The molecule has 0 aromatic carbocycles. The molecule has 1 fully saturated rings. The lowest BCUT2D eigenvalue weighted by atomic mass is 10.2. The average Bonchev–Trinajstić information content (AvgIpc) is 2.36. The molecule has 1 unspecified atom stereocenters. The minimum absolute atomic E-state index is 0.0966. The van der Waals surface area contributed by atoms with E-state index in [9.17, 15) is 4.79 Å². The number of nitrogens with zero attached hydrogens (tertiary/aromatic N) is 2. The molecule has 100 valence electrons. The van der Waals surface area contributed by atoms with Gasteiger partial charge in [-0.1, -0.05) is 0 Å². The molecular weight excluding hydrogens is 230 g/mol. The standard InChI is InChI=1S/C13H21N3O2/c1-10-7-12(14)13(17)16(8-10)9-11(2)15-3-5-18-6-4-15/h7-8,11H,3-6,9,14H2,1-2H3. The van der Waals surface area contributed by atoms with Gasteiger partial charge in [-0.2, -0.15) is 0 Å². The van der Waals surface area contributed by atoms with Crippen molar-refractivity contribution in [2.45, 2.75) is 26.4 Å². The second-order valence-electron chi connectivity index (χ2n) is 4.93. The number of pyridine rings is 1. The third kappa shape index (κ3) is 2.91. The van der Waals surface area contributed by atoms with Crippen molar-refractivity contribution in [3.05, 3.63) is 28.2 Å². The van der Waals surface area contributed by atoms with Crippen molar-refractivity contribution < 1.29 is 4.74 Å². The minimum Gasteiger partial charge on any atom is -0.394 e. The number of anilines is 1. The van der Waals surface area contributed by atoms with Gasteiger partial charge in [0.25, 0.3) is 5.56 Å². The van der Waals surface area contributed by atoms with Crippen LogP contribution in [0.5, 0.6) is 0 Å². The van der Waals surface area contributed by atoms with Crippen molar-refractivity contribution in [1.82, 2.24) is 9.47 Å². The molecule has 1 aliphatic rings. The molecule has 5 heteroatoms. The summed E-state index contributed by atoms with van der Waals surface area (Å²) in [4.78, 5) is 14.3. The van der Waals surface area contributed by atoms with Crippen LogP contribution in [0.15, 0.2) is 17.1 Å². The molecule has 0 bridgehead atoms. The Labute approximate surface area is 107 Å². The van der Waals surface area contributed by atoms with Crippen LogP contribution in [0.2, 0.25) is 0 Å². The highest BCUT2D eigenvalue weighted by atomic mass is 16.5. The van der Waals surface area contributed by atoms with E-state index in [1.54, 1.807) is 10.6 Å². The van der Waals surface area contributed by atoms with Gasteiger partial charge in [0.05, 0.1) is 18.9 Å². The highest BCUT2D eigenvalue weighted by Gasteiger charge is 2.17. The SMILES string of the molecule is Cc1cc(N)c(=O)n(CC(C)N2CCOCC2)c1.